The summed E-state index contributed by atoms with van der Waals surface area (Å²) in [5.41, 5.74) is 2.97. The molecule has 0 aromatic carbocycles. The molecule has 0 radical (unpaired) electrons. The van der Waals surface area contributed by atoms with Gasteiger partial charge in [-0.3, -0.25) is 0 Å². The van der Waals surface area contributed by atoms with E-state index in [0.29, 0.717) is 13.0 Å². The molecule has 0 saturated heterocycles. The third-order valence-electron chi connectivity index (χ3n) is 3.81. The van der Waals surface area contributed by atoms with Crippen LogP contribution in [0.4, 0.5) is 0 Å². The van der Waals surface area contributed by atoms with Gasteiger partial charge in [-0.15, -0.1) is 0 Å². The van der Waals surface area contributed by atoms with Gasteiger partial charge in [0.15, 0.2) is 5.69 Å². The van der Waals surface area contributed by atoms with E-state index >= 15 is 0 Å². The summed E-state index contributed by atoms with van der Waals surface area (Å²) in [7, 11) is 0. The summed E-state index contributed by atoms with van der Waals surface area (Å²) < 4.78 is 7.20. The molecule has 0 fully saturated rings. The first kappa shape index (κ1) is 22.4. The van der Waals surface area contributed by atoms with Crippen LogP contribution in [0.3, 0.4) is 0 Å². The molecule has 0 aliphatic carbocycles. The minimum atomic E-state index is -0.174. The average molecular weight is 364 g/mol. The zero-order valence-corrected chi connectivity index (χ0v) is 15.9. The molecule has 1 heterocycles. The highest BCUT2D eigenvalue weighted by Crippen LogP contribution is 2.11. The van der Waals surface area contributed by atoms with Gasteiger partial charge in [-0.1, -0.05) is 56.8 Å². The first-order chi connectivity index (χ1) is 10.7. The smallest absolute Gasteiger partial charge is 0.372 e. The van der Waals surface area contributed by atoms with Gasteiger partial charge >= 0.3 is 5.97 Å². The molecule has 134 valence electrons. The Morgan fingerprint density at radius 3 is 2.52 bits per heavy atom. The molecule has 0 aliphatic rings. The predicted molar refractivity (Wildman–Crippen MR) is 89.0 cm³/mol. The van der Waals surface area contributed by atoms with Crippen LogP contribution in [-0.2, 0) is 22.5 Å². The van der Waals surface area contributed by atoms with Crippen molar-refractivity contribution >= 4 is 17.3 Å². The van der Waals surface area contributed by atoms with E-state index in [0.717, 1.165) is 23.4 Å². The van der Waals surface area contributed by atoms with Gasteiger partial charge in [-0.25, -0.2) is 4.79 Å². The fraction of sp³-hybridized carbons (Fsp3) is 0.765. The van der Waals surface area contributed by atoms with Crippen LogP contribution in [-0.4, -0.2) is 24.3 Å². The van der Waals surface area contributed by atoms with Gasteiger partial charge < -0.3 is 22.3 Å². The lowest BCUT2D eigenvalue weighted by Crippen LogP contribution is -3.00. The largest absolute Gasteiger partial charge is 1.00 e. The van der Waals surface area contributed by atoms with E-state index in [-0.39, 0.29) is 31.5 Å². The van der Waals surface area contributed by atoms with Crippen LogP contribution in [0.2, 0.25) is 0 Å². The van der Waals surface area contributed by atoms with Crippen molar-refractivity contribution in [3.63, 3.8) is 0 Å². The van der Waals surface area contributed by atoms with Gasteiger partial charge in [0.1, 0.15) is 0 Å². The Balaban J connectivity index is 0.00000484. The predicted octanol–water partition coefficient (Wildman–Crippen LogP) is 0.177. The van der Waals surface area contributed by atoms with Crippen molar-refractivity contribution in [2.75, 3.05) is 13.2 Å². The molecule has 0 unspecified atom stereocenters. The van der Waals surface area contributed by atoms with Crippen molar-refractivity contribution in [3.8, 4) is 0 Å². The van der Waals surface area contributed by atoms with Crippen LogP contribution in [0.15, 0.2) is 5.51 Å². The number of ether oxygens (including phenoxy) is 1. The number of rotatable bonds is 12. The molecular weight excluding hydrogens is 334 g/mol. The Morgan fingerprint density at radius 2 is 1.87 bits per heavy atom. The molecule has 0 atom stereocenters. The number of nitrogens with zero attached hydrogens (tertiary/aromatic N) is 1. The number of aliphatic hydroxyl groups excluding tert-OH is 1. The zero-order valence-electron chi connectivity index (χ0n) is 14.4. The van der Waals surface area contributed by atoms with E-state index in [9.17, 15) is 4.79 Å². The fourth-order valence-corrected chi connectivity index (χ4v) is 3.36. The topological polar surface area (TPSA) is 50.4 Å². The summed E-state index contributed by atoms with van der Waals surface area (Å²) in [4.78, 5) is 12.9. The number of carbonyl (C=O) groups excluding carboxylic acids is 1. The Morgan fingerprint density at radius 1 is 1.22 bits per heavy atom. The van der Waals surface area contributed by atoms with Crippen LogP contribution in [0, 0.1) is 6.92 Å². The first-order valence-corrected chi connectivity index (χ1v) is 9.29. The molecule has 0 spiro atoms. The Hall–Kier alpha value is -0.650. The van der Waals surface area contributed by atoms with Crippen molar-refractivity contribution in [2.45, 2.75) is 71.8 Å². The van der Waals surface area contributed by atoms with E-state index in [4.69, 9.17) is 9.84 Å². The second-order valence-electron chi connectivity index (χ2n) is 5.68. The van der Waals surface area contributed by atoms with Gasteiger partial charge in [-0.2, -0.15) is 4.57 Å². The highest BCUT2D eigenvalue weighted by Gasteiger charge is 2.18. The van der Waals surface area contributed by atoms with Gasteiger partial charge in [0.2, 0.25) is 12.1 Å². The third kappa shape index (κ3) is 9.28. The second-order valence-corrected chi connectivity index (χ2v) is 6.61. The summed E-state index contributed by atoms with van der Waals surface area (Å²) in [5.74, 6) is -0.174. The van der Waals surface area contributed by atoms with Crippen molar-refractivity contribution < 1.29 is 31.6 Å². The lowest BCUT2D eigenvalue weighted by molar-refractivity contribution is -0.687. The van der Waals surface area contributed by atoms with E-state index in [1.807, 2.05) is 17.0 Å². The van der Waals surface area contributed by atoms with Crippen molar-refractivity contribution in [2.24, 2.45) is 0 Å². The van der Waals surface area contributed by atoms with Crippen LogP contribution in [0.25, 0.3) is 0 Å². The summed E-state index contributed by atoms with van der Waals surface area (Å²) >= 11 is 1.58. The lowest BCUT2D eigenvalue weighted by atomic mass is 10.1. The number of unbranched alkanes of at least 4 members (excludes halogenated alkanes) is 6. The Bertz CT molecular complexity index is 437. The second kappa shape index (κ2) is 13.8. The molecule has 1 aromatic rings. The van der Waals surface area contributed by atoms with Crippen LogP contribution in [0.5, 0.6) is 0 Å². The first-order valence-electron chi connectivity index (χ1n) is 8.42. The zero-order chi connectivity index (χ0) is 16.2. The van der Waals surface area contributed by atoms with Crippen molar-refractivity contribution in [3.05, 3.63) is 16.1 Å². The number of esters is 1. The normalized spacial score (nSPS) is 10.4. The molecule has 0 saturated carbocycles. The van der Waals surface area contributed by atoms with E-state index in [1.165, 1.54) is 32.1 Å². The number of hydrogen-bond donors (Lipinski definition) is 1. The average Bonchev–Trinajstić information content (AvgIpc) is 2.83. The molecule has 0 aliphatic heterocycles. The SMILES string of the molecule is CCCCCCCCCOC(=O)C[n+]1csc(CCO)c1C.[Cl-]. The van der Waals surface area contributed by atoms with Gasteiger partial charge in [0.05, 0.1) is 11.5 Å². The minimum absolute atomic E-state index is 0. The molecular formula is C17H30ClNO3S. The standard InChI is InChI=1S/C17H30NO3S.ClH/c1-3-4-5-6-7-8-9-12-21-17(20)13-18-14-22-16(10-11-19)15(18)2;/h14,19H,3-13H2,1-2H3;1H/q+1;/p-1. The van der Waals surface area contributed by atoms with Gasteiger partial charge in [0.25, 0.3) is 0 Å². The maximum Gasteiger partial charge on any atom is 0.372 e. The number of halogens is 1. The van der Waals surface area contributed by atoms with Gasteiger partial charge in [-0.05, 0) is 6.42 Å². The number of thiazole rings is 1. The molecule has 0 bridgehead atoms. The summed E-state index contributed by atoms with van der Waals surface area (Å²) in [6, 6.07) is 0. The van der Waals surface area contributed by atoms with E-state index in [1.54, 1.807) is 11.3 Å². The monoisotopic (exact) mass is 363 g/mol. The van der Waals surface area contributed by atoms with Gasteiger partial charge in [0, 0.05) is 20.0 Å². The number of aromatic nitrogens is 1. The number of aliphatic hydroxyl groups is 1. The summed E-state index contributed by atoms with van der Waals surface area (Å²) in [5, 5.41) is 8.98. The van der Waals surface area contributed by atoms with Crippen LogP contribution in [0.1, 0.15) is 62.4 Å². The highest BCUT2D eigenvalue weighted by molar-refractivity contribution is 7.09. The Labute approximate surface area is 150 Å². The summed E-state index contributed by atoms with van der Waals surface area (Å²) in [6.45, 7) is 5.14. The lowest BCUT2D eigenvalue weighted by Gasteiger charge is -2.03. The molecule has 6 heteroatoms. The number of carbonyl (C=O) groups is 1. The molecule has 23 heavy (non-hydrogen) atoms. The minimum Gasteiger partial charge on any atom is -1.00 e. The molecule has 1 aromatic heterocycles. The van der Waals surface area contributed by atoms with E-state index in [2.05, 4.69) is 6.92 Å². The summed E-state index contributed by atoms with van der Waals surface area (Å²) in [6.07, 6.45) is 9.20. The molecule has 4 nitrogen and oxygen atoms in total. The van der Waals surface area contributed by atoms with Crippen molar-refractivity contribution in [1.82, 2.24) is 0 Å². The molecule has 0 amide bonds. The number of hydrogen-bond acceptors (Lipinski definition) is 4. The Kier molecular flexibility index (Phi) is 13.4. The molecule has 1 rings (SSSR count). The molecule has 1 N–H and O–H groups in total. The maximum atomic E-state index is 11.8. The van der Waals surface area contributed by atoms with Crippen molar-refractivity contribution in [1.29, 1.82) is 0 Å². The third-order valence-corrected chi connectivity index (χ3v) is 4.95. The maximum absolute atomic E-state index is 11.8. The van der Waals surface area contributed by atoms with E-state index < -0.39 is 0 Å². The quantitative estimate of drug-likeness (QED) is 0.327. The highest BCUT2D eigenvalue weighted by atomic mass is 35.5. The van der Waals surface area contributed by atoms with Crippen LogP contribution >= 0.6 is 11.3 Å². The van der Waals surface area contributed by atoms with Crippen LogP contribution < -0.4 is 17.0 Å². The fourth-order valence-electron chi connectivity index (χ4n) is 2.38.